The van der Waals surface area contributed by atoms with Crippen LogP contribution in [-0.4, -0.2) is 74.3 Å². The summed E-state index contributed by atoms with van der Waals surface area (Å²) in [5.41, 5.74) is -0.415. The maximum atomic E-state index is 12.4. The van der Waals surface area contributed by atoms with Gasteiger partial charge in [0.2, 0.25) is 5.79 Å². The molecule has 0 saturated carbocycles. The quantitative estimate of drug-likeness (QED) is 0.354. The van der Waals surface area contributed by atoms with Crippen molar-refractivity contribution in [2.45, 2.75) is 104 Å². The third-order valence-corrected chi connectivity index (χ3v) is 6.85. The van der Waals surface area contributed by atoms with Crippen molar-refractivity contribution in [2.24, 2.45) is 11.8 Å². The molecule has 2 heterocycles. The zero-order valence-corrected chi connectivity index (χ0v) is 22.0. The van der Waals surface area contributed by atoms with Crippen molar-refractivity contribution >= 4 is 12.3 Å². The molecule has 7 atom stereocenters. The van der Waals surface area contributed by atoms with Crippen LogP contribution in [0.25, 0.3) is 0 Å². The minimum Gasteiger partial charge on any atom is -0.457 e. The lowest BCUT2D eigenvalue weighted by Gasteiger charge is -2.46. The van der Waals surface area contributed by atoms with Crippen LogP contribution < -0.4 is 0 Å². The van der Waals surface area contributed by atoms with Crippen molar-refractivity contribution in [3.05, 3.63) is 11.3 Å². The van der Waals surface area contributed by atoms with Gasteiger partial charge in [0.1, 0.15) is 12.0 Å². The van der Waals surface area contributed by atoms with E-state index in [9.17, 15) is 9.59 Å². The van der Waals surface area contributed by atoms with Crippen molar-refractivity contribution in [1.29, 1.82) is 0 Å². The number of esters is 1. The van der Waals surface area contributed by atoms with Gasteiger partial charge in [-0.3, -0.25) is 0 Å². The number of rotatable bonds is 10. The summed E-state index contributed by atoms with van der Waals surface area (Å²) in [5, 5.41) is 0. The maximum Gasteiger partial charge on any atom is 0.340 e. The number of ether oxygens (including phenoxy) is 5. The lowest BCUT2D eigenvalue weighted by atomic mass is 9.85. The molecule has 1 unspecified atom stereocenters. The van der Waals surface area contributed by atoms with Crippen molar-refractivity contribution in [3.63, 3.8) is 0 Å². The summed E-state index contributed by atoms with van der Waals surface area (Å²) in [4.78, 5) is 26.1. The van der Waals surface area contributed by atoms with Crippen molar-refractivity contribution < 1.29 is 33.3 Å². The number of aldehydes is 1. The van der Waals surface area contributed by atoms with Gasteiger partial charge in [-0.2, -0.15) is 0 Å². The van der Waals surface area contributed by atoms with Crippen LogP contribution in [0.2, 0.25) is 0 Å². The Hall–Kier alpha value is -1.48. The molecule has 0 aromatic heterocycles. The molecule has 0 bridgehead atoms. The average molecular weight is 470 g/mol. The molecule has 1 saturated heterocycles. The Bertz CT molecular complexity index is 734. The zero-order chi connectivity index (χ0) is 25.1. The lowest BCUT2D eigenvalue weighted by Crippen LogP contribution is -2.54. The van der Waals surface area contributed by atoms with Crippen molar-refractivity contribution in [2.75, 3.05) is 21.2 Å². The van der Waals surface area contributed by atoms with Gasteiger partial charge in [-0.05, 0) is 47.7 Å². The largest absolute Gasteiger partial charge is 0.457 e. The number of carbonyl (C=O) groups is 2. The van der Waals surface area contributed by atoms with Crippen LogP contribution in [0, 0.1) is 11.8 Å². The van der Waals surface area contributed by atoms with Crippen LogP contribution in [0.5, 0.6) is 0 Å². The molecule has 2 rings (SSSR count). The number of cyclic esters (lactones) is 1. The highest BCUT2D eigenvalue weighted by molar-refractivity contribution is 5.89. The van der Waals surface area contributed by atoms with Gasteiger partial charge < -0.3 is 33.4 Å². The minimum atomic E-state index is -1.07. The van der Waals surface area contributed by atoms with Gasteiger partial charge in [0.15, 0.2) is 6.29 Å². The van der Waals surface area contributed by atoms with E-state index < -0.39 is 29.8 Å². The van der Waals surface area contributed by atoms with Crippen molar-refractivity contribution in [1.82, 2.24) is 4.90 Å². The van der Waals surface area contributed by atoms with E-state index in [1.54, 1.807) is 27.9 Å². The first-order chi connectivity index (χ1) is 15.2. The second kappa shape index (κ2) is 10.8. The SMILES string of the molecule is CO[C@](C)(C[C@@H](C)C=O)[C@@H](CC1=C(C)C(=O)OC(C)(C)O1)O[C@@H]1O[C@H](C)CC(N(C)C)[C@H]1C. The molecule has 2 aliphatic rings. The number of nitrogens with zero attached hydrogens (tertiary/aromatic N) is 1. The second-order valence-electron chi connectivity index (χ2n) is 10.5. The second-order valence-corrected chi connectivity index (χ2v) is 10.5. The molecule has 2 aliphatic heterocycles. The Morgan fingerprint density at radius 1 is 1.27 bits per heavy atom. The molecule has 0 radical (unpaired) electrons. The molecule has 33 heavy (non-hydrogen) atoms. The number of methoxy groups -OCH3 is 1. The molecular formula is C25H43NO7. The van der Waals surface area contributed by atoms with E-state index in [0.717, 1.165) is 12.7 Å². The Morgan fingerprint density at radius 2 is 1.91 bits per heavy atom. The molecule has 190 valence electrons. The van der Waals surface area contributed by atoms with E-state index in [0.29, 0.717) is 23.8 Å². The first-order valence-electron chi connectivity index (χ1n) is 11.8. The summed E-state index contributed by atoms with van der Waals surface area (Å²) in [5.74, 6) is -1.11. The molecule has 0 aromatic rings. The number of hydrogen-bond donors (Lipinski definition) is 0. The lowest BCUT2D eigenvalue weighted by molar-refractivity contribution is -0.276. The highest BCUT2D eigenvalue weighted by Crippen LogP contribution is 2.38. The van der Waals surface area contributed by atoms with E-state index in [-0.39, 0.29) is 24.4 Å². The highest BCUT2D eigenvalue weighted by Gasteiger charge is 2.45. The van der Waals surface area contributed by atoms with Gasteiger partial charge in [0.25, 0.3) is 0 Å². The fourth-order valence-corrected chi connectivity index (χ4v) is 4.76. The zero-order valence-electron chi connectivity index (χ0n) is 22.0. The Labute approximate surface area is 198 Å². The monoisotopic (exact) mass is 469 g/mol. The van der Waals surface area contributed by atoms with Crippen LogP contribution in [0.3, 0.4) is 0 Å². The van der Waals surface area contributed by atoms with E-state index >= 15 is 0 Å². The number of hydrogen-bond acceptors (Lipinski definition) is 8. The van der Waals surface area contributed by atoms with E-state index in [2.05, 4.69) is 25.9 Å². The van der Waals surface area contributed by atoms with Crippen LogP contribution in [0.15, 0.2) is 11.3 Å². The van der Waals surface area contributed by atoms with Crippen LogP contribution in [-0.2, 0) is 33.3 Å². The van der Waals surface area contributed by atoms with Gasteiger partial charge >= 0.3 is 5.97 Å². The van der Waals surface area contributed by atoms with E-state index in [1.165, 1.54) is 0 Å². The first kappa shape index (κ1) is 27.8. The van der Waals surface area contributed by atoms with Gasteiger partial charge in [-0.25, -0.2) is 4.79 Å². The summed E-state index contributed by atoms with van der Waals surface area (Å²) in [7, 11) is 5.75. The topological polar surface area (TPSA) is 83.5 Å². The molecule has 0 spiro atoms. The predicted octanol–water partition coefficient (Wildman–Crippen LogP) is 3.68. The predicted molar refractivity (Wildman–Crippen MR) is 124 cm³/mol. The molecular weight excluding hydrogens is 426 g/mol. The average Bonchev–Trinajstić information content (AvgIpc) is 2.72. The maximum absolute atomic E-state index is 12.4. The normalized spacial score (nSPS) is 31.4. The summed E-state index contributed by atoms with van der Waals surface area (Å²) >= 11 is 0. The molecule has 8 heteroatoms. The molecule has 0 aromatic carbocycles. The van der Waals surface area contributed by atoms with Gasteiger partial charge in [0.05, 0.1) is 23.4 Å². The third kappa shape index (κ3) is 6.78. The fourth-order valence-electron chi connectivity index (χ4n) is 4.76. The number of carbonyl (C=O) groups excluding carboxylic acids is 2. The Morgan fingerprint density at radius 3 is 2.45 bits per heavy atom. The van der Waals surface area contributed by atoms with Crippen LogP contribution >= 0.6 is 0 Å². The Balaban J connectivity index is 2.41. The van der Waals surface area contributed by atoms with Crippen LogP contribution in [0.4, 0.5) is 0 Å². The smallest absolute Gasteiger partial charge is 0.340 e. The summed E-state index contributed by atoms with van der Waals surface area (Å²) in [6.45, 7) is 13.0. The summed E-state index contributed by atoms with van der Waals surface area (Å²) in [6.07, 6.45) is 1.59. The van der Waals surface area contributed by atoms with E-state index in [1.807, 2.05) is 20.8 Å². The highest BCUT2D eigenvalue weighted by atomic mass is 16.7. The molecule has 1 fully saturated rings. The van der Waals surface area contributed by atoms with E-state index in [4.69, 9.17) is 23.7 Å². The molecule has 8 nitrogen and oxygen atoms in total. The molecule has 0 N–H and O–H groups in total. The Kier molecular flexibility index (Phi) is 9.12. The first-order valence-corrected chi connectivity index (χ1v) is 11.8. The molecule has 0 aliphatic carbocycles. The minimum absolute atomic E-state index is 0.0303. The summed E-state index contributed by atoms with van der Waals surface area (Å²) in [6, 6.07) is 0.294. The van der Waals surface area contributed by atoms with Gasteiger partial charge in [-0.15, -0.1) is 0 Å². The standard InChI is InChI=1S/C25H43NO7/c1-15(14-27)13-25(7,29-10)21(12-20-18(4)22(28)33-24(5,6)32-20)31-23-17(3)19(26(8)9)11-16(2)30-23/h14-17,19,21,23H,11-13H2,1-10H3/t15-,16-,17-,19?,21-,23+,25-/m1/s1. The van der Waals surface area contributed by atoms with Gasteiger partial charge in [-0.1, -0.05) is 13.8 Å². The van der Waals surface area contributed by atoms with Crippen molar-refractivity contribution in [3.8, 4) is 0 Å². The molecule has 0 amide bonds. The third-order valence-electron chi connectivity index (χ3n) is 6.85. The fraction of sp³-hybridized carbons (Fsp3) is 0.840. The van der Waals surface area contributed by atoms with Gasteiger partial charge in [0, 0.05) is 45.3 Å². The summed E-state index contributed by atoms with van der Waals surface area (Å²) < 4.78 is 30.2. The van der Waals surface area contributed by atoms with Crippen LogP contribution in [0.1, 0.15) is 67.7 Å².